The van der Waals surface area contributed by atoms with Crippen molar-refractivity contribution < 1.29 is 18.3 Å². The molecule has 1 aliphatic heterocycles. The summed E-state index contributed by atoms with van der Waals surface area (Å²) in [5.74, 6) is -0.603. The summed E-state index contributed by atoms with van der Waals surface area (Å²) in [6.07, 6.45) is 3.02. The topological polar surface area (TPSA) is 91.6 Å². The molecule has 1 amide bonds. The Hall–Kier alpha value is -2.16. The summed E-state index contributed by atoms with van der Waals surface area (Å²) in [6, 6.07) is 10.4. The van der Waals surface area contributed by atoms with Crippen molar-refractivity contribution >= 4 is 15.9 Å². The van der Waals surface area contributed by atoms with Crippen molar-refractivity contribution in [2.45, 2.75) is 17.4 Å². The fourth-order valence-electron chi connectivity index (χ4n) is 3.00. The van der Waals surface area contributed by atoms with Gasteiger partial charge in [-0.05, 0) is 36.4 Å². The molecule has 2 N–H and O–H groups in total. The molecule has 0 bridgehead atoms. The number of hydrogen-bond acceptors (Lipinski definition) is 4. The van der Waals surface area contributed by atoms with Gasteiger partial charge in [0.25, 0.3) is 0 Å². The van der Waals surface area contributed by atoms with Crippen LogP contribution >= 0.6 is 0 Å². The number of nitrogens with zero attached hydrogens (tertiary/aromatic N) is 2. The lowest BCUT2D eigenvalue weighted by Crippen LogP contribution is -2.30. The lowest BCUT2D eigenvalue weighted by atomic mass is 10.0. The quantitative estimate of drug-likeness (QED) is 0.814. The smallest absolute Gasteiger partial charge is 0.243 e. The van der Waals surface area contributed by atoms with Crippen LogP contribution in [0.25, 0.3) is 5.69 Å². The predicted molar refractivity (Wildman–Crippen MR) is 92.7 cm³/mol. The Morgan fingerprint density at radius 1 is 1.20 bits per heavy atom. The van der Waals surface area contributed by atoms with E-state index in [4.69, 9.17) is 0 Å². The highest BCUT2D eigenvalue weighted by Crippen LogP contribution is 2.27. The van der Waals surface area contributed by atoms with Crippen LogP contribution in [0.2, 0.25) is 0 Å². The van der Waals surface area contributed by atoms with Crippen LogP contribution in [0, 0.1) is 5.92 Å². The highest BCUT2D eigenvalue weighted by Gasteiger charge is 2.39. The summed E-state index contributed by atoms with van der Waals surface area (Å²) in [5.41, 5.74) is 0.864. The molecule has 1 saturated heterocycles. The summed E-state index contributed by atoms with van der Waals surface area (Å²) in [6.45, 7) is 0.139. The molecule has 0 radical (unpaired) electrons. The Morgan fingerprint density at radius 3 is 2.44 bits per heavy atom. The van der Waals surface area contributed by atoms with Crippen molar-refractivity contribution in [1.29, 1.82) is 0 Å². The number of β-amino-alcohol motifs (C(OH)–C–C–N with tert-alkyl or cyclic N) is 1. The third-order valence-electron chi connectivity index (χ3n) is 4.48. The van der Waals surface area contributed by atoms with Gasteiger partial charge in [0, 0.05) is 50.6 Å². The number of amides is 1. The highest BCUT2D eigenvalue weighted by atomic mass is 32.2. The number of aliphatic hydroxyl groups is 1. The number of aliphatic hydroxyl groups excluding tert-OH is 1. The molecule has 1 fully saturated rings. The minimum absolute atomic E-state index is 0.00332. The maximum absolute atomic E-state index is 12.8. The van der Waals surface area contributed by atoms with Crippen LogP contribution in [0.1, 0.15) is 6.42 Å². The van der Waals surface area contributed by atoms with Gasteiger partial charge in [0.05, 0.1) is 11.0 Å². The summed E-state index contributed by atoms with van der Waals surface area (Å²) < 4.78 is 28.7. The summed E-state index contributed by atoms with van der Waals surface area (Å²) in [7, 11) is -2.18. The zero-order chi connectivity index (χ0) is 18.0. The van der Waals surface area contributed by atoms with Crippen molar-refractivity contribution in [3.05, 3.63) is 48.8 Å². The van der Waals surface area contributed by atoms with E-state index < -0.39 is 22.0 Å². The van der Waals surface area contributed by atoms with Gasteiger partial charge in [0.2, 0.25) is 15.9 Å². The molecule has 25 heavy (non-hydrogen) atoms. The minimum Gasteiger partial charge on any atom is -0.391 e. The highest BCUT2D eigenvalue weighted by molar-refractivity contribution is 7.89. The van der Waals surface area contributed by atoms with E-state index in [0.29, 0.717) is 0 Å². The Bertz CT molecular complexity index is 831. The van der Waals surface area contributed by atoms with Crippen LogP contribution in [0.15, 0.2) is 53.7 Å². The first-order valence-corrected chi connectivity index (χ1v) is 9.48. The minimum atomic E-state index is -3.70. The van der Waals surface area contributed by atoms with Crippen LogP contribution in [-0.2, 0) is 14.8 Å². The number of rotatable bonds is 5. The van der Waals surface area contributed by atoms with E-state index in [9.17, 15) is 18.3 Å². The molecule has 2 atom stereocenters. The van der Waals surface area contributed by atoms with Crippen LogP contribution in [0.3, 0.4) is 0 Å². The van der Waals surface area contributed by atoms with E-state index in [1.165, 1.54) is 11.4 Å². The van der Waals surface area contributed by atoms with Crippen molar-refractivity contribution in [3.63, 3.8) is 0 Å². The van der Waals surface area contributed by atoms with Gasteiger partial charge in [0.1, 0.15) is 0 Å². The van der Waals surface area contributed by atoms with Crippen LogP contribution in [0.4, 0.5) is 0 Å². The molecular formula is C17H21N3O4S. The summed E-state index contributed by atoms with van der Waals surface area (Å²) >= 11 is 0. The van der Waals surface area contributed by atoms with Crippen LogP contribution < -0.4 is 5.32 Å². The zero-order valence-electron chi connectivity index (χ0n) is 13.9. The molecule has 134 valence electrons. The van der Waals surface area contributed by atoms with Gasteiger partial charge in [-0.2, -0.15) is 4.31 Å². The molecule has 2 heterocycles. The number of carbonyl (C=O) groups is 1. The number of benzene rings is 1. The molecule has 1 aromatic heterocycles. The molecule has 8 heteroatoms. The molecule has 2 aromatic rings. The Kier molecular flexibility index (Phi) is 4.94. The van der Waals surface area contributed by atoms with Crippen molar-refractivity contribution in [1.82, 2.24) is 14.2 Å². The lowest BCUT2D eigenvalue weighted by molar-refractivity contribution is -0.122. The van der Waals surface area contributed by atoms with Gasteiger partial charge >= 0.3 is 0 Å². The summed E-state index contributed by atoms with van der Waals surface area (Å²) in [4.78, 5) is 11.7. The predicted octanol–water partition coefficient (Wildman–Crippen LogP) is 0.595. The number of nitrogens with one attached hydrogen (secondary N) is 1. The maximum Gasteiger partial charge on any atom is 0.243 e. The molecule has 3 rings (SSSR count). The molecule has 7 nitrogen and oxygen atoms in total. The molecule has 0 aliphatic carbocycles. The first-order valence-electron chi connectivity index (χ1n) is 8.04. The third-order valence-corrected chi connectivity index (χ3v) is 6.32. The fourth-order valence-corrected chi connectivity index (χ4v) is 4.51. The van der Waals surface area contributed by atoms with E-state index in [1.807, 2.05) is 29.1 Å². The standard InChI is InChI=1S/C17H21N3O4S/c1-18-17(22)10-13-11-20(12-16(13)21)25(23,24)15-6-4-14(5-7-15)19-8-2-3-9-19/h2-9,13,16,21H,10-12H2,1H3,(H,18,22)/t13-,16-/m1/s1. The van der Waals surface area contributed by atoms with E-state index in [2.05, 4.69) is 5.32 Å². The molecule has 1 aromatic carbocycles. The molecule has 0 saturated carbocycles. The second kappa shape index (κ2) is 6.99. The first-order chi connectivity index (χ1) is 11.9. The Balaban J connectivity index is 1.76. The van der Waals surface area contributed by atoms with E-state index in [-0.39, 0.29) is 30.3 Å². The van der Waals surface area contributed by atoms with E-state index in [1.54, 1.807) is 24.3 Å². The fraction of sp³-hybridized carbons (Fsp3) is 0.353. The van der Waals surface area contributed by atoms with Gasteiger partial charge in [-0.3, -0.25) is 4.79 Å². The van der Waals surface area contributed by atoms with Crippen LogP contribution in [-0.4, -0.2) is 54.5 Å². The van der Waals surface area contributed by atoms with E-state index >= 15 is 0 Å². The Labute approximate surface area is 146 Å². The van der Waals surface area contributed by atoms with Gasteiger partial charge in [-0.1, -0.05) is 0 Å². The van der Waals surface area contributed by atoms with Crippen molar-refractivity contribution in [2.75, 3.05) is 20.1 Å². The largest absolute Gasteiger partial charge is 0.391 e. The van der Waals surface area contributed by atoms with E-state index in [0.717, 1.165) is 5.69 Å². The van der Waals surface area contributed by atoms with Gasteiger partial charge in [0.15, 0.2) is 0 Å². The average Bonchev–Trinajstić information content (AvgIpc) is 3.26. The SMILES string of the molecule is CNC(=O)C[C@@H]1CN(S(=O)(=O)c2ccc(-n3cccc3)cc2)C[C@H]1O. The molecular weight excluding hydrogens is 342 g/mol. The second-order valence-electron chi connectivity index (χ2n) is 6.11. The number of aromatic nitrogens is 1. The van der Waals surface area contributed by atoms with Gasteiger partial charge in [-0.15, -0.1) is 0 Å². The molecule has 0 unspecified atom stereocenters. The third kappa shape index (κ3) is 3.60. The van der Waals surface area contributed by atoms with Gasteiger partial charge in [-0.25, -0.2) is 8.42 Å². The van der Waals surface area contributed by atoms with Crippen LogP contribution in [0.5, 0.6) is 0 Å². The first kappa shape index (κ1) is 17.7. The normalized spacial score (nSPS) is 21.4. The lowest BCUT2D eigenvalue weighted by Gasteiger charge is -2.16. The number of carbonyl (C=O) groups excluding carboxylic acids is 1. The maximum atomic E-state index is 12.8. The number of sulfonamides is 1. The van der Waals surface area contributed by atoms with Crippen molar-refractivity contribution in [3.8, 4) is 5.69 Å². The van der Waals surface area contributed by atoms with Gasteiger partial charge < -0.3 is 15.0 Å². The Morgan fingerprint density at radius 2 is 1.84 bits per heavy atom. The zero-order valence-corrected chi connectivity index (χ0v) is 14.7. The average molecular weight is 363 g/mol. The molecule has 0 spiro atoms. The summed E-state index contributed by atoms with van der Waals surface area (Å²) in [5, 5.41) is 12.6. The second-order valence-corrected chi connectivity index (χ2v) is 8.05. The van der Waals surface area contributed by atoms with Crippen molar-refractivity contribution in [2.24, 2.45) is 5.92 Å². The number of hydrogen-bond donors (Lipinski definition) is 2. The molecule has 1 aliphatic rings. The monoisotopic (exact) mass is 363 g/mol.